The van der Waals surface area contributed by atoms with E-state index in [0.717, 1.165) is 0 Å². The molecule has 3 aromatic rings. The normalized spacial score (nSPS) is 10.8. The summed E-state index contributed by atoms with van der Waals surface area (Å²) in [7, 11) is 0. The number of carbonyl (C=O) groups is 1. The van der Waals surface area contributed by atoms with Crippen molar-refractivity contribution < 1.29 is 14.1 Å². The minimum atomic E-state index is -0.465. The Labute approximate surface area is 140 Å². The second kappa shape index (κ2) is 6.88. The number of rotatable bonds is 5. The van der Waals surface area contributed by atoms with Crippen LogP contribution in [0.4, 0.5) is 5.69 Å². The molecule has 1 N–H and O–H groups in total. The van der Waals surface area contributed by atoms with Gasteiger partial charge in [0.25, 0.3) is 11.6 Å². The van der Waals surface area contributed by atoms with E-state index in [1.54, 1.807) is 47.8 Å². The molecule has 2 aromatic heterocycles. The van der Waals surface area contributed by atoms with Crippen LogP contribution in [0.5, 0.6) is 0 Å². The van der Waals surface area contributed by atoms with Crippen LogP contribution in [-0.2, 0) is 0 Å². The van der Waals surface area contributed by atoms with Gasteiger partial charge in [0.2, 0.25) is 0 Å². The first kappa shape index (κ1) is 15.6. The summed E-state index contributed by atoms with van der Waals surface area (Å²) in [5, 5.41) is 16.7. The summed E-state index contributed by atoms with van der Waals surface area (Å²) in [4.78, 5) is 22.9. The lowest BCUT2D eigenvalue weighted by molar-refractivity contribution is -0.384. The van der Waals surface area contributed by atoms with Crippen molar-refractivity contribution in [1.82, 2.24) is 5.43 Å². The van der Waals surface area contributed by atoms with Crippen LogP contribution >= 0.6 is 11.3 Å². The second-order valence-corrected chi connectivity index (χ2v) is 5.60. The zero-order chi connectivity index (χ0) is 16.9. The SMILES string of the molecule is O=C(N/N=C\c1ccc(-c2ccccc2[N+](=O)[O-])o1)c1cccs1. The highest BCUT2D eigenvalue weighted by Gasteiger charge is 2.16. The van der Waals surface area contributed by atoms with Crippen LogP contribution in [0, 0.1) is 10.1 Å². The van der Waals surface area contributed by atoms with Gasteiger partial charge in [-0.2, -0.15) is 5.10 Å². The van der Waals surface area contributed by atoms with Crippen LogP contribution in [0.3, 0.4) is 0 Å². The highest BCUT2D eigenvalue weighted by Crippen LogP contribution is 2.30. The highest BCUT2D eigenvalue weighted by molar-refractivity contribution is 7.12. The van der Waals surface area contributed by atoms with Crippen LogP contribution in [-0.4, -0.2) is 17.0 Å². The van der Waals surface area contributed by atoms with Crippen LogP contribution in [0.15, 0.2) is 63.4 Å². The predicted molar refractivity (Wildman–Crippen MR) is 90.2 cm³/mol. The van der Waals surface area contributed by atoms with Crippen molar-refractivity contribution in [2.45, 2.75) is 0 Å². The number of benzene rings is 1. The number of hydrogen-bond acceptors (Lipinski definition) is 6. The topological polar surface area (TPSA) is 97.7 Å². The molecule has 0 unspecified atom stereocenters. The number of amides is 1. The Kier molecular flexibility index (Phi) is 4.48. The maximum atomic E-state index is 11.7. The maximum absolute atomic E-state index is 11.7. The number of nitro benzene ring substituents is 1. The van der Waals surface area contributed by atoms with Crippen LogP contribution in [0.25, 0.3) is 11.3 Å². The third-order valence-electron chi connectivity index (χ3n) is 3.10. The predicted octanol–water partition coefficient (Wildman–Crippen LogP) is 3.68. The summed E-state index contributed by atoms with van der Waals surface area (Å²) in [6, 6.07) is 13.0. The van der Waals surface area contributed by atoms with E-state index in [9.17, 15) is 14.9 Å². The van der Waals surface area contributed by atoms with Gasteiger partial charge in [-0.05, 0) is 29.6 Å². The van der Waals surface area contributed by atoms with Gasteiger partial charge in [-0.25, -0.2) is 5.43 Å². The summed E-state index contributed by atoms with van der Waals surface area (Å²) < 4.78 is 5.53. The Morgan fingerprint density at radius 1 is 1.21 bits per heavy atom. The van der Waals surface area contributed by atoms with Gasteiger partial charge in [0.15, 0.2) is 0 Å². The standard InChI is InChI=1S/C16H11N3O4S/c20-16(15-6-3-9-24-15)18-17-10-11-7-8-14(23-11)12-4-1-2-5-13(12)19(21)22/h1-10H,(H,18,20)/b17-10-. The lowest BCUT2D eigenvalue weighted by Gasteiger charge is -1.98. The number of nitrogens with zero attached hydrogens (tertiary/aromatic N) is 2. The van der Waals surface area contributed by atoms with Crippen LogP contribution < -0.4 is 5.43 Å². The van der Waals surface area contributed by atoms with Gasteiger partial charge in [-0.3, -0.25) is 14.9 Å². The van der Waals surface area contributed by atoms with Crippen molar-refractivity contribution in [3.05, 3.63) is 74.7 Å². The van der Waals surface area contributed by atoms with Crippen molar-refractivity contribution in [3.8, 4) is 11.3 Å². The van der Waals surface area contributed by atoms with E-state index in [0.29, 0.717) is 22.0 Å². The summed E-state index contributed by atoms with van der Waals surface area (Å²) >= 11 is 1.31. The van der Waals surface area contributed by atoms with Gasteiger partial charge in [-0.15, -0.1) is 11.3 Å². The second-order valence-electron chi connectivity index (χ2n) is 4.65. The largest absolute Gasteiger partial charge is 0.455 e. The molecule has 120 valence electrons. The summed E-state index contributed by atoms with van der Waals surface area (Å²) in [5.74, 6) is 0.412. The fourth-order valence-corrected chi connectivity index (χ4v) is 2.64. The van der Waals surface area contributed by atoms with Gasteiger partial charge >= 0.3 is 0 Å². The van der Waals surface area contributed by atoms with E-state index >= 15 is 0 Å². The Balaban J connectivity index is 1.73. The number of thiophene rings is 1. The molecule has 0 bridgehead atoms. The minimum Gasteiger partial charge on any atom is -0.455 e. The molecule has 0 fully saturated rings. The molecule has 0 radical (unpaired) electrons. The van der Waals surface area contributed by atoms with E-state index < -0.39 is 4.92 Å². The van der Waals surface area contributed by atoms with Crippen molar-refractivity contribution >= 4 is 29.1 Å². The number of nitro groups is 1. The Morgan fingerprint density at radius 2 is 2.04 bits per heavy atom. The molecular weight excluding hydrogens is 330 g/mol. The van der Waals surface area contributed by atoms with Crippen molar-refractivity contribution in [1.29, 1.82) is 0 Å². The molecule has 3 rings (SSSR count). The molecule has 0 aliphatic heterocycles. The van der Waals surface area contributed by atoms with Gasteiger partial charge in [0, 0.05) is 6.07 Å². The quantitative estimate of drug-likeness (QED) is 0.435. The third kappa shape index (κ3) is 3.39. The molecule has 7 nitrogen and oxygen atoms in total. The number of hydrazone groups is 1. The molecule has 0 atom stereocenters. The smallest absolute Gasteiger partial charge is 0.281 e. The van der Waals surface area contributed by atoms with Crippen molar-refractivity contribution in [2.75, 3.05) is 0 Å². The van der Waals surface area contributed by atoms with Crippen molar-refractivity contribution in [3.63, 3.8) is 0 Å². The Morgan fingerprint density at radius 3 is 2.79 bits per heavy atom. The van der Waals surface area contributed by atoms with Gasteiger partial charge < -0.3 is 4.42 Å². The molecule has 0 aliphatic rings. The molecule has 0 aliphatic carbocycles. The fraction of sp³-hybridized carbons (Fsp3) is 0. The lowest BCUT2D eigenvalue weighted by Crippen LogP contribution is -2.15. The summed E-state index contributed by atoms with van der Waals surface area (Å²) in [5.41, 5.74) is 2.72. The molecular formula is C16H11N3O4S. The van der Waals surface area contributed by atoms with E-state index in [1.165, 1.54) is 23.6 Å². The van der Waals surface area contributed by atoms with Crippen molar-refractivity contribution in [2.24, 2.45) is 5.10 Å². The zero-order valence-corrected chi connectivity index (χ0v) is 13.0. The molecule has 1 aromatic carbocycles. The molecule has 1 amide bonds. The lowest BCUT2D eigenvalue weighted by atomic mass is 10.1. The van der Waals surface area contributed by atoms with E-state index in [-0.39, 0.29) is 11.6 Å². The monoisotopic (exact) mass is 341 g/mol. The molecule has 0 saturated carbocycles. The van der Waals surface area contributed by atoms with Gasteiger partial charge in [-0.1, -0.05) is 18.2 Å². The minimum absolute atomic E-state index is 0.0404. The average molecular weight is 341 g/mol. The molecule has 2 heterocycles. The summed E-state index contributed by atoms with van der Waals surface area (Å²) in [6.07, 6.45) is 1.34. The third-order valence-corrected chi connectivity index (χ3v) is 3.96. The Bertz CT molecular complexity index is 900. The first-order valence-corrected chi connectivity index (χ1v) is 7.73. The van der Waals surface area contributed by atoms with Crippen LogP contribution in [0.1, 0.15) is 15.4 Å². The highest BCUT2D eigenvalue weighted by atomic mass is 32.1. The number of furan rings is 1. The zero-order valence-electron chi connectivity index (χ0n) is 12.2. The number of para-hydroxylation sites is 1. The maximum Gasteiger partial charge on any atom is 0.281 e. The van der Waals surface area contributed by atoms with E-state index in [4.69, 9.17) is 4.42 Å². The fourth-order valence-electron chi connectivity index (χ4n) is 2.03. The van der Waals surface area contributed by atoms with Gasteiger partial charge in [0.05, 0.1) is 21.6 Å². The number of hydrogen-bond donors (Lipinski definition) is 1. The van der Waals surface area contributed by atoms with E-state index in [2.05, 4.69) is 10.5 Å². The summed E-state index contributed by atoms with van der Waals surface area (Å²) in [6.45, 7) is 0. The number of nitrogens with one attached hydrogen (secondary N) is 1. The molecule has 0 saturated heterocycles. The van der Waals surface area contributed by atoms with Gasteiger partial charge in [0.1, 0.15) is 11.5 Å². The average Bonchev–Trinajstić information content (AvgIpc) is 3.26. The first-order chi connectivity index (χ1) is 11.6. The Hall–Kier alpha value is -3.26. The first-order valence-electron chi connectivity index (χ1n) is 6.85. The van der Waals surface area contributed by atoms with E-state index in [1.807, 2.05) is 0 Å². The van der Waals surface area contributed by atoms with Crippen LogP contribution in [0.2, 0.25) is 0 Å². The number of carbonyl (C=O) groups excluding carboxylic acids is 1. The molecule has 0 spiro atoms. The molecule has 8 heteroatoms. The molecule has 24 heavy (non-hydrogen) atoms.